The smallest absolute Gasteiger partial charge is 0.103 e. The van der Waals surface area contributed by atoms with Gasteiger partial charge in [-0.15, -0.1) is 0 Å². The molecule has 0 aromatic carbocycles. The third kappa shape index (κ3) is 2.33. The highest BCUT2D eigenvalue weighted by atomic mass is 14.6. The Balaban J connectivity index is 2.57. The van der Waals surface area contributed by atoms with Gasteiger partial charge in [0.2, 0.25) is 0 Å². The first-order valence-corrected chi connectivity index (χ1v) is 4.51. The Morgan fingerprint density at radius 1 is 1.18 bits per heavy atom. The van der Waals surface area contributed by atoms with Crippen LogP contribution in [0.5, 0.6) is 0 Å². The molecule has 11 heavy (non-hydrogen) atoms. The zero-order valence-corrected chi connectivity index (χ0v) is 7.93. The molecule has 0 heterocycles. The van der Waals surface area contributed by atoms with E-state index in [4.69, 9.17) is 0 Å². The van der Waals surface area contributed by atoms with Crippen molar-refractivity contribution in [3.63, 3.8) is 0 Å². The average Bonchev–Trinajstić information content (AvgIpc) is 1.86. The van der Waals surface area contributed by atoms with Crippen molar-refractivity contribution in [2.75, 3.05) is 0 Å². The molecule has 0 spiro atoms. The molecule has 0 aromatic heterocycles. The molecule has 0 radical (unpaired) electrons. The van der Waals surface area contributed by atoms with Gasteiger partial charge >= 0.3 is 0 Å². The predicted molar refractivity (Wildman–Crippen MR) is 48.0 cm³/mol. The lowest BCUT2D eigenvalue weighted by molar-refractivity contribution is -0.406. The Bertz CT molecular complexity index is 153. The van der Waals surface area contributed by atoms with E-state index in [9.17, 15) is 0 Å². The van der Waals surface area contributed by atoms with Crippen molar-refractivity contribution in [3.8, 4) is 0 Å². The van der Waals surface area contributed by atoms with Crippen molar-refractivity contribution >= 4 is 0 Å². The minimum atomic E-state index is 0.441. The molecule has 1 rings (SSSR count). The zero-order valence-electron chi connectivity index (χ0n) is 7.93. The molecule has 2 unspecified atom stereocenters. The third-order valence-electron chi connectivity index (χ3n) is 2.58. The molecule has 0 aromatic rings. The van der Waals surface area contributed by atoms with Crippen LogP contribution in [0.1, 0.15) is 33.6 Å². The summed E-state index contributed by atoms with van der Waals surface area (Å²) in [4.78, 5) is 0. The lowest BCUT2D eigenvalue weighted by Gasteiger charge is -2.30. The van der Waals surface area contributed by atoms with Gasteiger partial charge in [0.15, 0.2) is 0 Å². The summed E-state index contributed by atoms with van der Waals surface area (Å²) in [6, 6.07) is 0.564. The predicted octanol–water partition coefficient (Wildman–Crippen LogP) is 1.61. The van der Waals surface area contributed by atoms with Crippen LogP contribution in [-0.4, -0.2) is 6.04 Å². The van der Waals surface area contributed by atoms with Gasteiger partial charge in [0, 0.05) is 6.42 Å². The Morgan fingerprint density at radius 2 is 1.82 bits per heavy atom. The van der Waals surface area contributed by atoms with Crippen LogP contribution in [0.25, 0.3) is 0 Å². The van der Waals surface area contributed by atoms with Gasteiger partial charge in [0.25, 0.3) is 0 Å². The van der Waals surface area contributed by atoms with E-state index >= 15 is 0 Å². The summed E-state index contributed by atoms with van der Waals surface area (Å²) in [5, 5.41) is 0. The van der Waals surface area contributed by atoms with E-state index in [-0.39, 0.29) is 0 Å². The number of rotatable bonds is 0. The van der Waals surface area contributed by atoms with Crippen molar-refractivity contribution in [1.82, 2.24) is 0 Å². The Morgan fingerprint density at radius 3 is 2.18 bits per heavy atom. The topological polar surface area (TPSA) is 27.6 Å². The van der Waals surface area contributed by atoms with Crippen LogP contribution < -0.4 is 5.73 Å². The van der Waals surface area contributed by atoms with Crippen molar-refractivity contribution in [2.45, 2.75) is 39.7 Å². The second-order valence-electron chi connectivity index (χ2n) is 4.69. The molecule has 1 aliphatic carbocycles. The molecule has 0 fully saturated rings. The standard InChI is InChI=1S/C10H19N/c1-10(2,3)8-4-6-9(11)7-5-8/h4,6,8-9H,5,7,11H2,1-3H3/p+1. The summed E-state index contributed by atoms with van der Waals surface area (Å²) in [5.74, 6) is 0.764. The summed E-state index contributed by atoms with van der Waals surface area (Å²) in [6.07, 6.45) is 7.19. The molecule has 0 aliphatic heterocycles. The minimum absolute atomic E-state index is 0.441. The highest BCUT2D eigenvalue weighted by molar-refractivity contribution is 5.01. The number of allylic oxidation sites excluding steroid dienone is 1. The molecular formula is C10H20N+. The fourth-order valence-corrected chi connectivity index (χ4v) is 1.60. The van der Waals surface area contributed by atoms with Gasteiger partial charge in [0.1, 0.15) is 6.04 Å². The van der Waals surface area contributed by atoms with Gasteiger partial charge < -0.3 is 5.73 Å². The van der Waals surface area contributed by atoms with Crippen molar-refractivity contribution in [3.05, 3.63) is 12.2 Å². The van der Waals surface area contributed by atoms with Crippen LogP contribution >= 0.6 is 0 Å². The highest BCUT2D eigenvalue weighted by Gasteiger charge is 2.25. The molecule has 0 saturated carbocycles. The maximum Gasteiger partial charge on any atom is 0.103 e. The second-order valence-corrected chi connectivity index (χ2v) is 4.69. The molecule has 1 aliphatic rings. The normalized spacial score (nSPS) is 32.4. The molecular weight excluding hydrogens is 134 g/mol. The van der Waals surface area contributed by atoms with Crippen LogP contribution in [-0.2, 0) is 0 Å². The van der Waals surface area contributed by atoms with Crippen LogP contribution in [0.3, 0.4) is 0 Å². The first-order chi connectivity index (χ1) is 5.00. The molecule has 0 bridgehead atoms. The van der Waals surface area contributed by atoms with Gasteiger partial charge in [-0.1, -0.05) is 26.8 Å². The molecule has 1 heteroatoms. The lowest BCUT2D eigenvalue weighted by atomic mass is 9.75. The summed E-state index contributed by atoms with van der Waals surface area (Å²) in [6.45, 7) is 6.93. The summed E-state index contributed by atoms with van der Waals surface area (Å²) < 4.78 is 0. The summed E-state index contributed by atoms with van der Waals surface area (Å²) in [7, 11) is 0. The van der Waals surface area contributed by atoms with Gasteiger partial charge in [-0.05, 0) is 23.8 Å². The molecule has 64 valence electrons. The van der Waals surface area contributed by atoms with Gasteiger partial charge in [0.05, 0.1) is 0 Å². The quantitative estimate of drug-likeness (QED) is 0.513. The van der Waals surface area contributed by atoms with Gasteiger partial charge in [-0.3, -0.25) is 0 Å². The van der Waals surface area contributed by atoms with E-state index in [1.54, 1.807) is 0 Å². The second kappa shape index (κ2) is 2.98. The van der Waals surface area contributed by atoms with Gasteiger partial charge in [-0.2, -0.15) is 0 Å². The fourth-order valence-electron chi connectivity index (χ4n) is 1.60. The molecule has 1 nitrogen and oxygen atoms in total. The lowest BCUT2D eigenvalue weighted by Crippen LogP contribution is -2.60. The summed E-state index contributed by atoms with van der Waals surface area (Å²) in [5.41, 5.74) is 4.47. The monoisotopic (exact) mass is 154 g/mol. The third-order valence-corrected chi connectivity index (χ3v) is 2.58. The maximum atomic E-state index is 4.03. The number of hydrogen-bond donors (Lipinski definition) is 1. The van der Waals surface area contributed by atoms with Gasteiger partial charge in [-0.25, -0.2) is 0 Å². The van der Waals surface area contributed by atoms with Crippen LogP contribution in [0.15, 0.2) is 12.2 Å². The van der Waals surface area contributed by atoms with Crippen LogP contribution in [0, 0.1) is 11.3 Å². The molecule has 2 atom stereocenters. The highest BCUT2D eigenvalue weighted by Crippen LogP contribution is 2.33. The molecule has 0 saturated heterocycles. The van der Waals surface area contributed by atoms with Crippen LogP contribution in [0.2, 0.25) is 0 Å². The minimum Gasteiger partial charge on any atom is -0.352 e. The van der Waals surface area contributed by atoms with E-state index in [1.165, 1.54) is 12.8 Å². The first kappa shape index (κ1) is 8.79. The Labute approximate surface area is 69.7 Å². The largest absolute Gasteiger partial charge is 0.352 e. The molecule has 3 N–H and O–H groups in total. The Kier molecular flexibility index (Phi) is 2.38. The average molecular weight is 154 g/mol. The fraction of sp³-hybridized carbons (Fsp3) is 0.800. The number of quaternary nitrogens is 1. The first-order valence-electron chi connectivity index (χ1n) is 4.51. The molecule has 0 amide bonds. The Hall–Kier alpha value is -0.300. The maximum absolute atomic E-state index is 4.03. The van der Waals surface area contributed by atoms with E-state index in [0.29, 0.717) is 11.5 Å². The van der Waals surface area contributed by atoms with E-state index in [1.807, 2.05) is 0 Å². The van der Waals surface area contributed by atoms with Crippen LogP contribution in [0.4, 0.5) is 0 Å². The zero-order chi connectivity index (χ0) is 8.48. The van der Waals surface area contributed by atoms with E-state index in [2.05, 4.69) is 38.7 Å². The van der Waals surface area contributed by atoms with Crippen molar-refractivity contribution in [2.24, 2.45) is 11.3 Å². The van der Waals surface area contributed by atoms with E-state index in [0.717, 1.165) is 5.92 Å². The van der Waals surface area contributed by atoms with E-state index < -0.39 is 0 Å². The van der Waals surface area contributed by atoms with Crippen molar-refractivity contribution < 1.29 is 5.73 Å². The summed E-state index contributed by atoms with van der Waals surface area (Å²) >= 11 is 0. The van der Waals surface area contributed by atoms with Crippen molar-refractivity contribution in [1.29, 1.82) is 0 Å². The SMILES string of the molecule is CC(C)(C)C1C=CC([NH3+])CC1. The number of hydrogen-bond acceptors (Lipinski definition) is 0.